The predicted molar refractivity (Wildman–Crippen MR) is 158 cm³/mol. The molecule has 3 aromatic rings. The summed E-state index contributed by atoms with van der Waals surface area (Å²) in [6, 6.07) is 10.9. The number of anilines is 2. The molecule has 5 rings (SSSR count). The molecule has 0 N–H and O–H groups in total. The summed E-state index contributed by atoms with van der Waals surface area (Å²) >= 11 is 0. The van der Waals surface area contributed by atoms with Gasteiger partial charge in [0.2, 0.25) is 0 Å². The first-order chi connectivity index (χ1) is 18.5. The Hall–Kier alpha value is -4.06. The maximum Gasteiger partial charge on any atom is 0.266 e. The first-order valence-corrected chi connectivity index (χ1v) is 13.6. The predicted octanol–water partition coefficient (Wildman–Crippen LogP) is 7.12. The number of nitrogens with zero attached hydrogens (tertiary/aromatic N) is 2. The molecule has 0 saturated carbocycles. The van der Waals surface area contributed by atoms with Crippen molar-refractivity contribution < 1.29 is 19.2 Å². The average Bonchev–Trinajstić information content (AvgIpc) is 3.27. The van der Waals surface area contributed by atoms with Gasteiger partial charge in [-0.25, -0.2) is 9.80 Å². The van der Waals surface area contributed by atoms with Crippen molar-refractivity contribution in [1.82, 2.24) is 0 Å². The summed E-state index contributed by atoms with van der Waals surface area (Å²) in [4.78, 5) is 57.1. The summed E-state index contributed by atoms with van der Waals surface area (Å²) in [6.07, 6.45) is 0. The van der Waals surface area contributed by atoms with Crippen LogP contribution in [-0.4, -0.2) is 23.6 Å². The molecule has 206 valence electrons. The minimum atomic E-state index is -0.367. The van der Waals surface area contributed by atoms with E-state index in [1.165, 1.54) is 9.80 Å². The molecule has 2 aliphatic heterocycles. The third-order valence-electron chi connectivity index (χ3n) is 8.50. The summed E-state index contributed by atoms with van der Waals surface area (Å²) in [5, 5.41) is 0. The molecule has 0 atom stereocenters. The normalized spacial score (nSPS) is 15.3. The van der Waals surface area contributed by atoms with Crippen LogP contribution in [0.3, 0.4) is 0 Å². The van der Waals surface area contributed by atoms with Gasteiger partial charge >= 0.3 is 0 Å². The van der Waals surface area contributed by atoms with Gasteiger partial charge in [-0.05, 0) is 96.2 Å². The third kappa shape index (κ3) is 3.84. The molecule has 3 aromatic carbocycles. The molecule has 0 spiro atoms. The number of rotatable bonds is 2. The van der Waals surface area contributed by atoms with Crippen LogP contribution in [0.15, 0.2) is 36.4 Å². The van der Waals surface area contributed by atoms with E-state index >= 15 is 0 Å². The molecule has 0 unspecified atom stereocenters. The second-order valence-electron chi connectivity index (χ2n) is 13.1. The van der Waals surface area contributed by atoms with E-state index in [4.69, 9.17) is 0 Å². The number of carbonyl (C=O) groups excluding carboxylic acids is 4. The van der Waals surface area contributed by atoms with Gasteiger partial charge in [0, 0.05) is 0 Å². The van der Waals surface area contributed by atoms with Crippen LogP contribution in [0.25, 0.3) is 0 Å². The van der Waals surface area contributed by atoms with E-state index in [-0.39, 0.29) is 34.5 Å². The van der Waals surface area contributed by atoms with Gasteiger partial charge in [-0.1, -0.05) is 53.7 Å². The zero-order valence-electron chi connectivity index (χ0n) is 25.0. The van der Waals surface area contributed by atoms with Gasteiger partial charge < -0.3 is 0 Å². The van der Waals surface area contributed by atoms with E-state index < -0.39 is 0 Å². The van der Waals surface area contributed by atoms with E-state index in [0.717, 1.165) is 11.1 Å². The van der Waals surface area contributed by atoms with Gasteiger partial charge in [0.15, 0.2) is 0 Å². The van der Waals surface area contributed by atoms with Gasteiger partial charge in [-0.15, -0.1) is 0 Å². The van der Waals surface area contributed by atoms with Crippen LogP contribution in [0.2, 0.25) is 0 Å². The highest BCUT2D eigenvalue weighted by Crippen LogP contribution is 2.44. The van der Waals surface area contributed by atoms with Crippen molar-refractivity contribution in [1.29, 1.82) is 0 Å². The molecule has 0 aliphatic carbocycles. The SMILES string of the molecule is Cc1c(C)c(N2C(=O)c3ccc(C(C)(C)C)cc3C2=O)c(C)c(C)c1N1C(=O)c2ccc(C(C)(C)C)cc2C1=O. The van der Waals surface area contributed by atoms with Crippen molar-refractivity contribution >= 4 is 35.0 Å². The largest absolute Gasteiger partial charge is 0.268 e. The van der Waals surface area contributed by atoms with Crippen molar-refractivity contribution in [2.75, 3.05) is 9.80 Å². The Morgan fingerprint density at radius 1 is 0.450 bits per heavy atom. The smallest absolute Gasteiger partial charge is 0.266 e. The molecule has 0 bridgehead atoms. The van der Waals surface area contributed by atoms with E-state index in [0.29, 0.717) is 55.9 Å². The van der Waals surface area contributed by atoms with Crippen molar-refractivity contribution in [3.63, 3.8) is 0 Å². The van der Waals surface area contributed by atoms with E-state index in [1.54, 1.807) is 12.1 Å². The van der Waals surface area contributed by atoms with Gasteiger partial charge in [0.25, 0.3) is 23.6 Å². The van der Waals surface area contributed by atoms with Gasteiger partial charge in [0.1, 0.15) is 0 Å². The summed E-state index contributed by atoms with van der Waals surface area (Å²) in [7, 11) is 0. The lowest BCUT2D eigenvalue weighted by Crippen LogP contribution is -2.34. The zero-order chi connectivity index (χ0) is 29.6. The number of fused-ring (bicyclic) bond motifs is 2. The highest BCUT2D eigenvalue weighted by atomic mass is 16.2. The van der Waals surface area contributed by atoms with Crippen LogP contribution < -0.4 is 9.80 Å². The highest BCUT2D eigenvalue weighted by molar-refractivity contribution is 6.36. The first kappa shape index (κ1) is 27.5. The fourth-order valence-corrected chi connectivity index (χ4v) is 5.76. The maximum atomic E-state index is 13.7. The highest BCUT2D eigenvalue weighted by Gasteiger charge is 2.43. The lowest BCUT2D eigenvalue weighted by molar-refractivity contribution is 0.0908. The van der Waals surface area contributed by atoms with Crippen molar-refractivity contribution in [3.8, 4) is 0 Å². The summed E-state index contributed by atoms with van der Waals surface area (Å²) in [6.45, 7) is 19.7. The second-order valence-corrected chi connectivity index (χ2v) is 13.1. The molecule has 0 aromatic heterocycles. The minimum absolute atomic E-state index is 0.174. The molecular weight excluding hydrogens is 500 g/mol. The molecule has 2 heterocycles. The van der Waals surface area contributed by atoms with E-state index in [1.807, 2.05) is 52.0 Å². The second kappa shape index (κ2) is 8.72. The fourth-order valence-electron chi connectivity index (χ4n) is 5.76. The average molecular weight is 537 g/mol. The quantitative estimate of drug-likeness (QED) is 0.327. The number of hydrogen-bond donors (Lipinski definition) is 0. The number of amides is 4. The van der Waals surface area contributed by atoms with Gasteiger partial charge in [0.05, 0.1) is 33.6 Å². The third-order valence-corrected chi connectivity index (χ3v) is 8.50. The number of carbonyl (C=O) groups is 4. The van der Waals surface area contributed by atoms with Gasteiger partial charge in [-0.3, -0.25) is 19.2 Å². The van der Waals surface area contributed by atoms with Crippen LogP contribution in [0.1, 0.15) is 116 Å². The molecule has 6 nitrogen and oxygen atoms in total. The standard InChI is InChI=1S/C34H36N2O4/c1-17-18(2)28(36-30(38)24-14-12-22(34(8,9)10)16-26(24)32(36)40)20(4)19(3)27(17)35-29(37)23-13-11-21(33(5,6)7)15-25(23)31(35)39/h11-16H,1-10H3. The van der Waals surface area contributed by atoms with E-state index in [2.05, 4.69) is 41.5 Å². The number of benzene rings is 3. The van der Waals surface area contributed by atoms with Gasteiger partial charge in [-0.2, -0.15) is 0 Å². The minimum Gasteiger partial charge on any atom is -0.268 e. The lowest BCUT2D eigenvalue weighted by atomic mass is 9.85. The molecule has 0 radical (unpaired) electrons. The maximum absolute atomic E-state index is 13.7. The summed E-state index contributed by atoms with van der Waals surface area (Å²) < 4.78 is 0. The molecule has 0 saturated heterocycles. The summed E-state index contributed by atoms with van der Waals surface area (Å²) in [5.74, 6) is -1.46. The Morgan fingerprint density at radius 3 is 1.00 bits per heavy atom. The topological polar surface area (TPSA) is 74.8 Å². The van der Waals surface area contributed by atoms with Crippen molar-refractivity contribution in [2.24, 2.45) is 0 Å². The van der Waals surface area contributed by atoms with E-state index in [9.17, 15) is 19.2 Å². The Labute approximate surface area is 236 Å². The molecule has 2 aliphatic rings. The van der Waals surface area contributed by atoms with Crippen LogP contribution in [0.4, 0.5) is 11.4 Å². The van der Waals surface area contributed by atoms with Crippen LogP contribution in [0.5, 0.6) is 0 Å². The Bertz CT molecular complexity index is 1530. The monoisotopic (exact) mass is 536 g/mol. The number of imide groups is 2. The molecule has 40 heavy (non-hydrogen) atoms. The van der Waals surface area contributed by atoms with Crippen LogP contribution in [0, 0.1) is 27.7 Å². The Balaban J connectivity index is 1.62. The Morgan fingerprint density at radius 2 is 0.725 bits per heavy atom. The lowest BCUT2D eigenvalue weighted by Gasteiger charge is -2.28. The summed E-state index contributed by atoms with van der Waals surface area (Å²) in [5.41, 5.74) is 6.88. The van der Waals surface area contributed by atoms with Crippen molar-refractivity contribution in [3.05, 3.63) is 92.0 Å². The first-order valence-electron chi connectivity index (χ1n) is 13.6. The molecule has 0 fully saturated rings. The van der Waals surface area contributed by atoms with Crippen LogP contribution in [-0.2, 0) is 10.8 Å². The molecule has 6 heteroatoms. The fraction of sp³-hybridized carbons (Fsp3) is 0.353. The Kier molecular flexibility index (Phi) is 6.00. The zero-order valence-corrected chi connectivity index (χ0v) is 25.0. The van der Waals surface area contributed by atoms with Crippen molar-refractivity contribution in [2.45, 2.75) is 80.1 Å². The molecule has 4 amide bonds. The van der Waals surface area contributed by atoms with Crippen LogP contribution >= 0.6 is 0 Å². The molecular formula is C34H36N2O4. The number of hydrogen-bond acceptors (Lipinski definition) is 4.